The zero-order valence-corrected chi connectivity index (χ0v) is 10.8. The fourth-order valence-electron chi connectivity index (χ4n) is 1.21. The predicted molar refractivity (Wildman–Crippen MR) is 58.0 cm³/mol. The van der Waals surface area contributed by atoms with E-state index in [2.05, 4.69) is 13.1 Å². The molecule has 0 aliphatic carbocycles. The Morgan fingerprint density at radius 1 is 1.25 bits per heavy atom. The van der Waals surface area contributed by atoms with Gasteiger partial charge in [0.25, 0.3) is 0 Å². The van der Waals surface area contributed by atoms with E-state index in [9.17, 15) is 4.57 Å². The van der Waals surface area contributed by atoms with Crippen LogP contribution in [0.2, 0.25) is 13.1 Å². The fraction of sp³-hybridized carbons (Fsp3) is 1.00. The van der Waals surface area contributed by atoms with Crippen LogP contribution in [0, 0.1) is 0 Å². The first kappa shape index (κ1) is 12.4. The van der Waals surface area contributed by atoms with Gasteiger partial charge in [0.1, 0.15) is 0 Å². The van der Waals surface area contributed by atoms with Gasteiger partial charge >= 0.3 is 0 Å². The molecule has 12 heavy (non-hydrogen) atoms. The molecule has 0 fully saturated rings. The standard InChI is InChI=1S/C8H21O2PSi/c1-6-11(9,7-2)8-12(4,5)10-3/h6-8H2,1-5H3. The van der Waals surface area contributed by atoms with Crippen molar-refractivity contribution in [3.63, 3.8) is 0 Å². The molecule has 74 valence electrons. The van der Waals surface area contributed by atoms with Crippen LogP contribution in [0.15, 0.2) is 0 Å². The summed E-state index contributed by atoms with van der Waals surface area (Å²) in [5, 5.41) is 0. The third-order valence-corrected chi connectivity index (χ3v) is 11.1. The summed E-state index contributed by atoms with van der Waals surface area (Å²) in [5.74, 6) is 0.837. The van der Waals surface area contributed by atoms with E-state index in [0.29, 0.717) is 0 Å². The van der Waals surface area contributed by atoms with Crippen LogP contribution in [-0.2, 0) is 8.99 Å². The summed E-state index contributed by atoms with van der Waals surface area (Å²) in [6.07, 6.45) is 1.65. The zero-order valence-electron chi connectivity index (χ0n) is 8.89. The van der Waals surface area contributed by atoms with Crippen LogP contribution < -0.4 is 0 Å². The van der Waals surface area contributed by atoms with Gasteiger partial charge in [0.2, 0.25) is 0 Å². The Labute approximate surface area is 77.2 Å². The molecule has 0 amide bonds. The molecule has 0 bridgehead atoms. The Morgan fingerprint density at radius 3 is 1.92 bits per heavy atom. The van der Waals surface area contributed by atoms with Crippen LogP contribution in [0.25, 0.3) is 0 Å². The highest BCUT2D eigenvalue weighted by Crippen LogP contribution is 2.46. The molecule has 4 heteroatoms. The monoisotopic (exact) mass is 208 g/mol. The molecule has 0 atom stereocenters. The Bertz CT molecular complexity index is 172. The van der Waals surface area contributed by atoms with Gasteiger partial charge in [-0.3, -0.25) is 0 Å². The lowest BCUT2D eigenvalue weighted by molar-refractivity contribution is 0.408. The van der Waals surface area contributed by atoms with Crippen molar-refractivity contribution in [2.24, 2.45) is 0 Å². The summed E-state index contributed by atoms with van der Waals surface area (Å²) in [7, 11) is -1.76. The molecule has 0 aliphatic rings. The molecule has 0 aromatic rings. The van der Waals surface area contributed by atoms with E-state index < -0.39 is 15.5 Å². The van der Waals surface area contributed by atoms with Crippen molar-refractivity contribution < 1.29 is 8.99 Å². The quantitative estimate of drug-likeness (QED) is 0.513. The molecule has 0 saturated carbocycles. The number of hydrogen-bond donors (Lipinski definition) is 0. The minimum absolute atomic E-state index is 0.823. The molecule has 0 aromatic carbocycles. The highest BCUT2D eigenvalue weighted by atomic mass is 31.2. The third-order valence-electron chi connectivity index (χ3n) is 2.37. The van der Waals surface area contributed by atoms with Crippen molar-refractivity contribution in [1.82, 2.24) is 0 Å². The van der Waals surface area contributed by atoms with Gasteiger partial charge in [-0.1, -0.05) is 13.8 Å². The summed E-state index contributed by atoms with van der Waals surface area (Å²) in [6, 6.07) is 0. The Kier molecular flexibility index (Phi) is 4.75. The molecule has 0 aliphatic heterocycles. The lowest BCUT2D eigenvalue weighted by Gasteiger charge is -2.25. The second kappa shape index (κ2) is 4.59. The largest absolute Gasteiger partial charge is 0.420 e. The van der Waals surface area contributed by atoms with E-state index in [4.69, 9.17) is 4.43 Å². The molecule has 0 unspecified atom stereocenters. The summed E-state index contributed by atoms with van der Waals surface area (Å²) in [6.45, 7) is 8.30. The fourth-order valence-corrected chi connectivity index (χ4v) is 9.51. The first-order chi connectivity index (χ1) is 5.39. The first-order valence-electron chi connectivity index (χ1n) is 4.51. The smallest absolute Gasteiger partial charge is 0.193 e. The second-order valence-electron chi connectivity index (χ2n) is 3.81. The lowest BCUT2D eigenvalue weighted by atomic mass is 11.0. The van der Waals surface area contributed by atoms with Gasteiger partial charge in [0.05, 0.1) is 7.14 Å². The first-order valence-corrected chi connectivity index (χ1v) is 9.89. The molecule has 0 spiro atoms. The zero-order chi connectivity index (χ0) is 9.83. The highest BCUT2D eigenvalue weighted by molar-refractivity contribution is 7.66. The van der Waals surface area contributed by atoms with Gasteiger partial charge in [-0.05, 0) is 25.4 Å². The van der Waals surface area contributed by atoms with Gasteiger partial charge in [-0.15, -0.1) is 0 Å². The number of hydrogen-bond acceptors (Lipinski definition) is 2. The van der Waals surface area contributed by atoms with Crippen molar-refractivity contribution in [1.29, 1.82) is 0 Å². The topological polar surface area (TPSA) is 26.3 Å². The minimum atomic E-state index is -1.88. The summed E-state index contributed by atoms with van der Waals surface area (Å²) in [4.78, 5) is 0. The van der Waals surface area contributed by atoms with E-state index in [1.54, 1.807) is 7.11 Å². The molecular weight excluding hydrogens is 187 g/mol. The second-order valence-corrected chi connectivity index (χ2v) is 12.4. The van der Waals surface area contributed by atoms with Crippen LogP contribution in [0.4, 0.5) is 0 Å². The molecule has 2 nitrogen and oxygen atoms in total. The van der Waals surface area contributed by atoms with E-state index in [-0.39, 0.29) is 0 Å². The van der Waals surface area contributed by atoms with Crippen molar-refractivity contribution in [3.8, 4) is 0 Å². The molecule has 0 N–H and O–H groups in total. The Balaban J connectivity index is 4.31. The lowest BCUT2D eigenvalue weighted by Crippen LogP contribution is -2.34. The van der Waals surface area contributed by atoms with Crippen molar-refractivity contribution in [2.75, 3.05) is 25.2 Å². The van der Waals surface area contributed by atoms with E-state index in [0.717, 1.165) is 18.1 Å². The van der Waals surface area contributed by atoms with Crippen LogP contribution in [0.1, 0.15) is 13.8 Å². The van der Waals surface area contributed by atoms with Crippen molar-refractivity contribution in [2.45, 2.75) is 26.9 Å². The van der Waals surface area contributed by atoms with E-state index in [1.165, 1.54) is 0 Å². The number of rotatable bonds is 5. The highest BCUT2D eigenvalue weighted by Gasteiger charge is 2.30. The van der Waals surface area contributed by atoms with Crippen LogP contribution in [-0.4, -0.2) is 33.5 Å². The summed E-state index contributed by atoms with van der Waals surface area (Å²) in [5.41, 5.74) is 0. The normalized spacial score (nSPS) is 13.4. The molecular formula is C8H21O2PSi. The average molecular weight is 208 g/mol. The van der Waals surface area contributed by atoms with Crippen LogP contribution >= 0.6 is 7.14 Å². The minimum Gasteiger partial charge on any atom is -0.420 e. The van der Waals surface area contributed by atoms with E-state index in [1.807, 2.05) is 13.8 Å². The summed E-state index contributed by atoms with van der Waals surface area (Å²) < 4.78 is 17.5. The Morgan fingerprint density at radius 2 is 1.67 bits per heavy atom. The average Bonchev–Trinajstić information content (AvgIpc) is 2.04. The van der Waals surface area contributed by atoms with Crippen LogP contribution in [0.3, 0.4) is 0 Å². The van der Waals surface area contributed by atoms with Gasteiger partial charge in [-0.2, -0.15) is 0 Å². The third kappa shape index (κ3) is 3.88. The van der Waals surface area contributed by atoms with Gasteiger partial charge < -0.3 is 8.99 Å². The predicted octanol–water partition coefficient (Wildman–Crippen LogP) is 2.78. The Hall–Kier alpha value is 0.407. The molecule has 0 saturated heterocycles. The van der Waals surface area contributed by atoms with Crippen molar-refractivity contribution in [3.05, 3.63) is 0 Å². The van der Waals surface area contributed by atoms with Crippen LogP contribution in [0.5, 0.6) is 0 Å². The van der Waals surface area contributed by atoms with E-state index >= 15 is 0 Å². The molecule has 0 aromatic heterocycles. The van der Waals surface area contributed by atoms with Gasteiger partial charge in [0.15, 0.2) is 8.32 Å². The molecule has 0 rings (SSSR count). The molecule has 0 heterocycles. The maximum absolute atomic E-state index is 12.1. The SMILES string of the molecule is CCP(=O)(CC)C[Si](C)(C)OC. The maximum Gasteiger partial charge on any atom is 0.193 e. The van der Waals surface area contributed by atoms with Gasteiger partial charge in [0, 0.05) is 12.9 Å². The maximum atomic E-state index is 12.1. The summed E-state index contributed by atoms with van der Waals surface area (Å²) >= 11 is 0. The van der Waals surface area contributed by atoms with Gasteiger partial charge in [-0.25, -0.2) is 0 Å². The molecule has 0 radical (unpaired) electrons. The van der Waals surface area contributed by atoms with Crippen molar-refractivity contribution >= 4 is 15.5 Å².